The fraction of sp³-hybridized carbons (Fsp3) is 0.389. The monoisotopic (exact) mass is 352 g/mol. The average Bonchev–Trinajstić information content (AvgIpc) is 3.05. The highest BCUT2D eigenvalue weighted by Gasteiger charge is 2.20. The van der Waals surface area contributed by atoms with Crippen LogP contribution in [0.5, 0.6) is 0 Å². The van der Waals surface area contributed by atoms with Crippen LogP contribution in [0.1, 0.15) is 48.7 Å². The summed E-state index contributed by atoms with van der Waals surface area (Å²) in [6, 6.07) is 12.4. The number of carbonyl (C=O) groups excluding carboxylic acids is 1. The van der Waals surface area contributed by atoms with E-state index in [4.69, 9.17) is 5.73 Å². The van der Waals surface area contributed by atoms with Crippen LogP contribution in [-0.2, 0) is 4.79 Å². The van der Waals surface area contributed by atoms with E-state index >= 15 is 0 Å². The molecule has 0 fully saturated rings. The Morgan fingerprint density at radius 1 is 1.13 bits per heavy atom. The number of hydrogen-bond acceptors (Lipinski definition) is 3. The Bertz CT molecular complexity index is 596. The predicted molar refractivity (Wildman–Crippen MR) is 100 cm³/mol. The Morgan fingerprint density at radius 3 is 2.22 bits per heavy atom. The van der Waals surface area contributed by atoms with Crippen molar-refractivity contribution in [2.45, 2.75) is 32.7 Å². The quantitative estimate of drug-likeness (QED) is 0.822. The fourth-order valence-electron chi connectivity index (χ4n) is 2.24. The van der Waals surface area contributed by atoms with Crippen molar-refractivity contribution in [3.05, 3.63) is 57.8 Å². The Balaban J connectivity index is 0.00000264. The van der Waals surface area contributed by atoms with Crippen LogP contribution in [-0.4, -0.2) is 12.5 Å². The van der Waals surface area contributed by atoms with E-state index in [0.29, 0.717) is 12.5 Å². The number of thiophene rings is 1. The zero-order valence-corrected chi connectivity index (χ0v) is 15.4. The predicted octanol–water partition coefficient (Wildman–Crippen LogP) is 4.09. The normalized spacial score (nSPS) is 13.3. The van der Waals surface area contributed by atoms with Gasteiger partial charge >= 0.3 is 0 Å². The van der Waals surface area contributed by atoms with Crippen molar-refractivity contribution in [3.8, 4) is 0 Å². The van der Waals surface area contributed by atoms with Crippen LogP contribution >= 0.6 is 23.7 Å². The molecular weight excluding hydrogens is 328 g/mol. The van der Waals surface area contributed by atoms with Crippen molar-refractivity contribution >= 4 is 29.7 Å². The number of nitrogens with one attached hydrogen (secondary N) is 1. The Hall–Kier alpha value is -1.36. The minimum absolute atomic E-state index is 0. The van der Waals surface area contributed by atoms with Gasteiger partial charge in [-0.2, -0.15) is 0 Å². The third kappa shape index (κ3) is 5.06. The summed E-state index contributed by atoms with van der Waals surface area (Å²) in [6.07, 6.45) is 0. The number of amides is 1. The molecule has 3 N–H and O–H groups in total. The molecular formula is C18H25ClN2OS. The minimum atomic E-state index is -0.183. The van der Waals surface area contributed by atoms with E-state index in [1.165, 1.54) is 5.56 Å². The Kier molecular flexibility index (Phi) is 7.76. The molecule has 3 nitrogen and oxygen atoms in total. The van der Waals surface area contributed by atoms with Crippen LogP contribution in [0.3, 0.4) is 0 Å². The van der Waals surface area contributed by atoms with Crippen molar-refractivity contribution < 1.29 is 4.79 Å². The summed E-state index contributed by atoms with van der Waals surface area (Å²) in [5, 5.41) is 5.16. The van der Waals surface area contributed by atoms with Gasteiger partial charge in [-0.3, -0.25) is 4.79 Å². The van der Waals surface area contributed by atoms with E-state index < -0.39 is 0 Å². The molecule has 0 saturated heterocycles. The molecule has 2 rings (SSSR count). The molecule has 1 amide bonds. The molecule has 2 aromatic rings. The van der Waals surface area contributed by atoms with Crippen molar-refractivity contribution in [1.29, 1.82) is 0 Å². The third-order valence-electron chi connectivity index (χ3n) is 3.85. The summed E-state index contributed by atoms with van der Waals surface area (Å²) in [5.74, 6) is 0.312. The van der Waals surface area contributed by atoms with Crippen LogP contribution < -0.4 is 11.1 Å². The topological polar surface area (TPSA) is 55.1 Å². The zero-order chi connectivity index (χ0) is 16.1. The number of rotatable bonds is 6. The van der Waals surface area contributed by atoms with Crippen LogP contribution in [0.4, 0.5) is 0 Å². The van der Waals surface area contributed by atoms with Gasteiger partial charge in [-0.1, -0.05) is 51.1 Å². The highest BCUT2D eigenvalue weighted by Crippen LogP contribution is 2.27. The van der Waals surface area contributed by atoms with Gasteiger partial charge in [0.25, 0.3) is 0 Å². The van der Waals surface area contributed by atoms with Gasteiger partial charge in [0, 0.05) is 17.3 Å². The van der Waals surface area contributed by atoms with E-state index in [-0.39, 0.29) is 30.3 Å². The maximum atomic E-state index is 12.2. The lowest BCUT2D eigenvalue weighted by atomic mass is 9.98. The molecule has 0 saturated carbocycles. The second-order valence-corrected chi connectivity index (χ2v) is 6.89. The molecule has 2 atom stereocenters. The van der Waals surface area contributed by atoms with Gasteiger partial charge in [0.1, 0.15) is 0 Å². The summed E-state index contributed by atoms with van der Waals surface area (Å²) in [7, 11) is 0. The fourth-order valence-corrected chi connectivity index (χ4v) is 3.04. The molecule has 23 heavy (non-hydrogen) atoms. The van der Waals surface area contributed by atoms with Gasteiger partial charge in [-0.15, -0.1) is 23.7 Å². The van der Waals surface area contributed by atoms with Gasteiger partial charge in [0.05, 0.1) is 6.04 Å². The molecule has 0 aliphatic rings. The van der Waals surface area contributed by atoms with Crippen LogP contribution in [0.15, 0.2) is 41.8 Å². The van der Waals surface area contributed by atoms with Gasteiger partial charge in [-0.05, 0) is 28.5 Å². The van der Waals surface area contributed by atoms with E-state index in [1.807, 2.05) is 18.4 Å². The SMILES string of the molecule is CC(CN)C(=O)NC(c1ccc(C(C)C)cc1)c1cccs1.Cl. The first kappa shape index (κ1) is 19.7. The summed E-state index contributed by atoms with van der Waals surface area (Å²) in [4.78, 5) is 13.4. The largest absolute Gasteiger partial charge is 0.344 e. The van der Waals surface area contributed by atoms with E-state index in [9.17, 15) is 4.79 Å². The van der Waals surface area contributed by atoms with Crippen LogP contribution in [0.25, 0.3) is 0 Å². The number of benzene rings is 1. The highest BCUT2D eigenvalue weighted by molar-refractivity contribution is 7.10. The molecule has 0 bridgehead atoms. The molecule has 5 heteroatoms. The first-order valence-electron chi connectivity index (χ1n) is 7.66. The number of hydrogen-bond donors (Lipinski definition) is 2. The van der Waals surface area contributed by atoms with E-state index in [0.717, 1.165) is 10.4 Å². The maximum Gasteiger partial charge on any atom is 0.224 e. The zero-order valence-electron chi connectivity index (χ0n) is 13.8. The van der Waals surface area contributed by atoms with Gasteiger partial charge < -0.3 is 11.1 Å². The van der Waals surface area contributed by atoms with Gasteiger partial charge in [0.2, 0.25) is 5.91 Å². The summed E-state index contributed by atoms with van der Waals surface area (Å²) >= 11 is 1.65. The molecule has 1 aromatic heterocycles. The molecule has 126 valence electrons. The first-order chi connectivity index (χ1) is 10.5. The lowest BCUT2D eigenvalue weighted by molar-refractivity contribution is -0.124. The second kappa shape index (κ2) is 9.06. The Morgan fingerprint density at radius 2 is 1.74 bits per heavy atom. The number of halogens is 1. The molecule has 0 aliphatic carbocycles. The summed E-state index contributed by atoms with van der Waals surface area (Å²) in [5.41, 5.74) is 8.00. The lowest BCUT2D eigenvalue weighted by Crippen LogP contribution is -2.36. The summed E-state index contributed by atoms with van der Waals surface area (Å²) < 4.78 is 0. The van der Waals surface area contributed by atoms with E-state index in [1.54, 1.807) is 11.3 Å². The molecule has 2 unspecified atom stereocenters. The molecule has 1 heterocycles. The molecule has 0 radical (unpaired) electrons. The summed E-state index contributed by atoms with van der Waals surface area (Å²) in [6.45, 7) is 6.56. The average molecular weight is 353 g/mol. The van der Waals surface area contributed by atoms with Crippen molar-refractivity contribution in [2.75, 3.05) is 6.54 Å². The number of nitrogens with two attached hydrogens (primary N) is 1. The van der Waals surface area contributed by atoms with Crippen LogP contribution in [0.2, 0.25) is 0 Å². The standard InChI is InChI=1S/C18H24N2OS.ClH/c1-12(2)14-6-8-15(9-7-14)17(16-5-4-10-22-16)20-18(21)13(3)11-19;/h4-10,12-13,17H,11,19H2,1-3H3,(H,20,21);1H. The smallest absolute Gasteiger partial charge is 0.224 e. The number of carbonyl (C=O) groups is 1. The van der Waals surface area contributed by atoms with Gasteiger partial charge in [0.15, 0.2) is 0 Å². The van der Waals surface area contributed by atoms with Crippen molar-refractivity contribution in [1.82, 2.24) is 5.32 Å². The highest BCUT2D eigenvalue weighted by atomic mass is 35.5. The minimum Gasteiger partial charge on any atom is -0.344 e. The molecule has 0 aliphatic heterocycles. The molecule has 1 aromatic carbocycles. The van der Waals surface area contributed by atoms with Crippen molar-refractivity contribution in [2.24, 2.45) is 11.7 Å². The van der Waals surface area contributed by atoms with Gasteiger partial charge in [-0.25, -0.2) is 0 Å². The van der Waals surface area contributed by atoms with E-state index in [2.05, 4.69) is 49.5 Å². The second-order valence-electron chi connectivity index (χ2n) is 5.92. The molecule has 0 spiro atoms. The lowest BCUT2D eigenvalue weighted by Gasteiger charge is -2.21. The van der Waals surface area contributed by atoms with Crippen molar-refractivity contribution in [3.63, 3.8) is 0 Å². The first-order valence-corrected chi connectivity index (χ1v) is 8.54. The Labute approximate surface area is 148 Å². The maximum absolute atomic E-state index is 12.2. The third-order valence-corrected chi connectivity index (χ3v) is 4.79. The van der Waals surface area contributed by atoms with Crippen LogP contribution in [0, 0.1) is 5.92 Å².